The first-order valence-electron chi connectivity index (χ1n) is 10.4. The van der Waals surface area contributed by atoms with E-state index < -0.39 is 10.2 Å². The van der Waals surface area contributed by atoms with Crippen molar-refractivity contribution in [3.8, 4) is 0 Å². The molecule has 2 saturated heterocycles. The van der Waals surface area contributed by atoms with Crippen molar-refractivity contribution in [3.63, 3.8) is 0 Å². The van der Waals surface area contributed by atoms with Gasteiger partial charge in [0, 0.05) is 50.8 Å². The highest BCUT2D eigenvalue weighted by Gasteiger charge is 2.36. The largest absolute Gasteiger partial charge is 0.373 e. The zero-order valence-corrected chi connectivity index (χ0v) is 19.2. The first-order valence-corrected chi connectivity index (χ1v) is 12.2. The number of hydrogen-bond acceptors (Lipinski definition) is 5. The summed E-state index contributed by atoms with van der Waals surface area (Å²) in [5.41, 5.74) is 1.12. The molecule has 1 amide bonds. The number of ether oxygens (including phenoxy) is 1. The molecule has 0 spiro atoms. The van der Waals surface area contributed by atoms with Gasteiger partial charge in [-0.3, -0.25) is 9.69 Å². The van der Waals surface area contributed by atoms with E-state index in [0.29, 0.717) is 50.8 Å². The third-order valence-electron chi connectivity index (χ3n) is 5.39. The molecule has 1 aromatic carbocycles. The van der Waals surface area contributed by atoms with E-state index >= 15 is 0 Å². The maximum absolute atomic E-state index is 12.9. The lowest BCUT2D eigenvalue weighted by atomic mass is 10.1. The lowest BCUT2D eigenvalue weighted by molar-refractivity contribution is -0.122. The third kappa shape index (κ3) is 6.38. The first kappa shape index (κ1) is 23.4. The van der Waals surface area contributed by atoms with Crippen molar-refractivity contribution in [1.29, 1.82) is 0 Å². The Hall–Kier alpha value is -1.23. The number of morpholine rings is 1. The van der Waals surface area contributed by atoms with Crippen LogP contribution in [-0.2, 0) is 26.2 Å². The van der Waals surface area contributed by atoms with Crippen LogP contribution >= 0.6 is 11.6 Å². The van der Waals surface area contributed by atoms with Gasteiger partial charge in [0.05, 0.1) is 18.8 Å². The Morgan fingerprint density at radius 1 is 1.07 bits per heavy atom. The Labute approximate surface area is 184 Å². The summed E-state index contributed by atoms with van der Waals surface area (Å²) in [4.78, 5) is 14.2. The molecule has 2 unspecified atom stereocenters. The number of benzene rings is 1. The number of nitrogens with zero attached hydrogens (tertiary/aromatic N) is 3. The molecular weight excluding hydrogens is 428 g/mol. The second-order valence-electron chi connectivity index (χ2n) is 7.98. The molecule has 0 aromatic heterocycles. The van der Waals surface area contributed by atoms with Gasteiger partial charge in [0.1, 0.15) is 0 Å². The Kier molecular flexibility index (Phi) is 8.11. The zero-order valence-electron chi connectivity index (χ0n) is 17.6. The Balaban J connectivity index is 1.40. The summed E-state index contributed by atoms with van der Waals surface area (Å²) in [5.74, 6) is -0.0453. The van der Waals surface area contributed by atoms with E-state index in [9.17, 15) is 13.2 Å². The quantitative estimate of drug-likeness (QED) is 0.658. The maximum atomic E-state index is 12.9. The molecule has 2 heterocycles. The number of piperazine rings is 1. The number of hydrogen-bond donors (Lipinski definition) is 1. The predicted octanol–water partition coefficient (Wildman–Crippen LogP) is 0.970. The van der Waals surface area contributed by atoms with Crippen LogP contribution in [0.3, 0.4) is 0 Å². The molecule has 30 heavy (non-hydrogen) atoms. The van der Waals surface area contributed by atoms with Gasteiger partial charge in [-0.2, -0.15) is 17.0 Å². The van der Waals surface area contributed by atoms with Gasteiger partial charge in [0.15, 0.2) is 0 Å². The van der Waals surface area contributed by atoms with Gasteiger partial charge >= 0.3 is 0 Å². The fourth-order valence-electron chi connectivity index (χ4n) is 3.86. The minimum absolute atomic E-state index is 0.0453. The summed E-state index contributed by atoms with van der Waals surface area (Å²) in [6.07, 6.45) is 0.522. The van der Waals surface area contributed by atoms with E-state index in [1.165, 1.54) is 8.61 Å². The van der Waals surface area contributed by atoms with Crippen molar-refractivity contribution in [2.24, 2.45) is 0 Å². The summed E-state index contributed by atoms with van der Waals surface area (Å²) in [6.45, 7) is 7.23. The highest BCUT2D eigenvalue weighted by Crippen LogP contribution is 2.18. The van der Waals surface area contributed by atoms with E-state index in [2.05, 4.69) is 5.32 Å². The van der Waals surface area contributed by atoms with Crippen LogP contribution in [0.1, 0.15) is 19.4 Å². The fourth-order valence-corrected chi connectivity index (χ4v) is 5.73. The average Bonchev–Trinajstić information content (AvgIpc) is 2.69. The molecular formula is C20H31ClN4O4S. The van der Waals surface area contributed by atoms with Crippen molar-refractivity contribution < 1.29 is 17.9 Å². The molecule has 2 fully saturated rings. The lowest BCUT2D eigenvalue weighted by Gasteiger charge is -2.40. The minimum atomic E-state index is -3.50. The number of carbonyl (C=O) groups excluding carboxylic acids is 1. The number of rotatable bonds is 7. The van der Waals surface area contributed by atoms with Crippen molar-refractivity contribution >= 4 is 27.7 Å². The molecule has 1 aromatic rings. The van der Waals surface area contributed by atoms with E-state index in [4.69, 9.17) is 16.3 Å². The summed E-state index contributed by atoms with van der Waals surface area (Å²) in [7, 11) is -3.50. The molecule has 2 aliphatic heterocycles. The SMILES string of the molecule is CC1CN(S(=O)(=O)N2CCN(CC(=O)NCCc3ccc(Cl)cc3)CC2)CC(C)O1. The standard InChI is InChI=1S/C20H31ClN4O4S/c1-16-13-25(14-17(2)29-16)30(27,28)24-11-9-23(10-12-24)15-20(26)22-8-7-18-3-5-19(21)6-4-18/h3-6,16-17H,7-15H2,1-2H3,(H,22,26). The number of amides is 1. The molecule has 168 valence electrons. The van der Waals surface area contributed by atoms with Gasteiger partial charge in [0.25, 0.3) is 10.2 Å². The Morgan fingerprint density at radius 3 is 2.27 bits per heavy atom. The normalized spacial score (nSPS) is 24.6. The Morgan fingerprint density at radius 2 is 1.67 bits per heavy atom. The second-order valence-corrected chi connectivity index (χ2v) is 10.3. The molecule has 0 aliphatic carbocycles. The van der Waals surface area contributed by atoms with Gasteiger partial charge in [0.2, 0.25) is 5.91 Å². The summed E-state index contributed by atoms with van der Waals surface area (Å²) >= 11 is 5.88. The van der Waals surface area contributed by atoms with Crippen molar-refractivity contribution in [2.45, 2.75) is 32.5 Å². The van der Waals surface area contributed by atoms with Gasteiger partial charge in [-0.1, -0.05) is 23.7 Å². The maximum Gasteiger partial charge on any atom is 0.282 e. The molecule has 2 atom stereocenters. The van der Waals surface area contributed by atoms with Crippen molar-refractivity contribution in [1.82, 2.24) is 18.8 Å². The predicted molar refractivity (Wildman–Crippen MR) is 117 cm³/mol. The molecule has 2 aliphatic rings. The molecule has 3 rings (SSSR count). The van der Waals surface area contributed by atoms with Crippen LogP contribution in [0.4, 0.5) is 0 Å². The number of carbonyl (C=O) groups is 1. The van der Waals surface area contributed by atoms with Gasteiger partial charge in [-0.15, -0.1) is 0 Å². The van der Waals surface area contributed by atoms with Gasteiger partial charge in [-0.25, -0.2) is 0 Å². The molecule has 0 bridgehead atoms. The smallest absolute Gasteiger partial charge is 0.282 e. The van der Waals surface area contributed by atoms with E-state index in [-0.39, 0.29) is 24.7 Å². The van der Waals surface area contributed by atoms with Crippen LogP contribution in [0, 0.1) is 0 Å². The van der Waals surface area contributed by atoms with Crippen LogP contribution in [0.2, 0.25) is 5.02 Å². The Bertz CT molecular complexity index is 803. The molecule has 8 nitrogen and oxygen atoms in total. The van der Waals surface area contributed by atoms with E-state index in [1.807, 2.05) is 43.0 Å². The van der Waals surface area contributed by atoms with Crippen molar-refractivity contribution in [3.05, 3.63) is 34.9 Å². The van der Waals surface area contributed by atoms with E-state index in [1.54, 1.807) is 0 Å². The fraction of sp³-hybridized carbons (Fsp3) is 0.650. The number of nitrogens with one attached hydrogen (secondary N) is 1. The lowest BCUT2D eigenvalue weighted by Crippen LogP contribution is -2.57. The molecule has 10 heteroatoms. The first-order chi connectivity index (χ1) is 14.2. The minimum Gasteiger partial charge on any atom is -0.373 e. The summed E-state index contributed by atoms with van der Waals surface area (Å²) < 4.78 is 34.6. The van der Waals surface area contributed by atoms with Gasteiger partial charge < -0.3 is 10.1 Å². The zero-order chi connectivity index (χ0) is 21.7. The number of halogens is 1. The third-order valence-corrected chi connectivity index (χ3v) is 7.61. The topological polar surface area (TPSA) is 82.2 Å². The van der Waals surface area contributed by atoms with Crippen LogP contribution in [-0.4, -0.2) is 92.4 Å². The van der Waals surface area contributed by atoms with Crippen LogP contribution in [0.15, 0.2) is 24.3 Å². The van der Waals surface area contributed by atoms with Gasteiger partial charge in [-0.05, 0) is 38.0 Å². The molecule has 0 saturated carbocycles. The highest BCUT2D eigenvalue weighted by molar-refractivity contribution is 7.86. The van der Waals surface area contributed by atoms with Crippen molar-refractivity contribution in [2.75, 3.05) is 52.4 Å². The van der Waals surface area contributed by atoms with Crippen LogP contribution < -0.4 is 5.32 Å². The highest BCUT2D eigenvalue weighted by atomic mass is 35.5. The second kappa shape index (κ2) is 10.4. The summed E-state index contributed by atoms with van der Waals surface area (Å²) in [5, 5.41) is 3.62. The van der Waals surface area contributed by atoms with Crippen LogP contribution in [0.25, 0.3) is 0 Å². The summed E-state index contributed by atoms with van der Waals surface area (Å²) in [6, 6.07) is 7.57. The monoisotopic (exact) mass is 458 g/mol. The average molecular weight is 459 g/mol. The van der Waals surface area contributed by atoms with Crippen LogP contribution in [0.5, 0.6) is 0 Å². The molecule has 1 N–H and O–H groups in total. The van der Waals surface area contributed by atoms with E-state index in [0.717, 1.165) is 12.0 Å². The molecule has 0 radical (unpaired) electrons.